The molecule has 2 aromatic heterocycles. The molecule has 0 saturated carbocycles. The number of aryl methyl sites for hydroxylation is 1. The summed E-state index contributed by atoms with van der Waals surface area (Å²) in [6.07, 6.45) is 3.91. The first-order valence-electron chi connectivity index (χ1n) is 7.48. The van der Waals surface area contributed by atoms with Gasteiger partial charge in [-0.1, -0.05) is 11.3 Å². The summed E-state index contributed by atoms with van der Waals surface area (Å²) in [5.74, 6) is 0.334. The number of halogens is 1. The maximum Gasteiger partial charge on any atom is 0.206 e. The van der Waals surface area contributed by atoms with E-state index in [4.69, 9.17) is 0 Å². The highest BCUT2D eigenvalue weighted by atomic mass is 19.1. The Morgan fingerprint density at radius 1 is 1.39 bits per heavy atom. The van der Waals surface area contributed by atoms with E-state index in [1.807, 2.05) is 22.6 Å². The summed E-state index contributed by atoms with van der Waals surface area (Å²) in [5, 5.41) is 18.4. The van der Waals surface area contributed by atoms with Crippen LogP contribution in [0, 0.1) is 5.82 Å². The number of imidazole rings is 1. The van der Waals surface area contributed by atoms with Gasteiger partial charge in [0.25, 0.3) is 0 Å². The van der Waals surface area contributed by atoms with Gasteiger partial charge >= 0.3 is 0 Å². The topological polar surface area (TPSA) is 72.0 Å². The first kappa shape index (κ1) is 14.1. The van der Waals surface area contributed by atoms with Crippen LogP contribution in [0.5, 0.6) is 0 Å². The van der Waals surface area contributed by atoms with Gasteiger partial charge in [0.15, 0.2) is 5.82 Å². The third-order valence-electron chi connectivity index (χ3n) is 4.38. The Balaban J connectivity index is 1.62. The van der Waals surface area contributed by atoms with Crippen LogP contribution >= 0.6 is 0 Å². The van der Waals surface area contributed by atoms with Crippen molar-refractivity contribution in [1.82, 2.24) is 24.5 Å². The van der Waals surface area contributed by atoms with Gasteiger partial charge in [0.05, 0.1) is 24.8 Å². The number of hydrogen-bond donors (Lipinski definition) is 1. The van der Waals surface area contributed by atoms with E-state index in [0.29, 0.717) is 37.5 Å². The number of fused-ring (bicyclic) bond motifs is 1. The van der Waals surface area contributed by atoms with E-state index in [9.17, 15) is 9.50 Å². The third-order valence-corrected chi connectivity index (χ3v) is 4.38. The van der Waals surface area contributed by atoms with E-state index in [1.54, 1.807) is 23.1 Å². The number of nitrogens with zero attached hydrogens (tertiary/aromatic N) is 6. The number of aromatic nitrogens is 5. The van der Waals surface area contributed by atoms with Crippen LogP contribution in [0.3, 0.4) is 0 Å². The van der Waals surface area contributed by atoms with E-state index in [0.717, 1.165) is 5.52 Å². The Morgan fingerprint density at radius 3 is 3.00 bits per heavy atom. The zero-order chi connectivity index (χ0) is 16.0. The smallest absolute Gasteiger partial charge is 0.206 e. The maximum atomic E-state index is 13.9. The van der Waals surface area contributed by atoms with Crippen LogP contribution in [0.15, 0.2) is 30.6 Å². The maximum absolute atomic E-state index is 13.9. The molecule has 0 amide bonds. The number of benzene rings is 1. The minimum atomic E-state index is -0.898. The predicted molar refractivity (Wildman–Crippen MR) is 82.5 cm³/mol. The van der Waals surface area contributed by atoms with Gasteiger partial charge < -0.3 is 14.6 Å². The summed E-state index contributed by atoms with van der Waals surface area (Å²) < 4.78 is 17.4. The van der Waals surface area contributed by atoms with Crippen molar-refractivity contribution in [3.8, 4) is 0 Å². The number of β-amino-alcohol motifs (C(OH)–C–C–N with tert-alkyl or cyclic N) is 1. The van der Waals surface area contributed by atoms with Gasteiger partial charge in [0.1, 0.15) is 11.1 Å². The van der Waals surface area contributed by atoms with Crippen molar-refractivity contribution in [2.45, 2.75) is 18.6 Å². The minimum absolute atomic E-state index is 0.332. The second-order valence-electron chi connectivity index (χ2n) is 6.07. The molecule has 1 unspecified atom stereocenters. The van der Waals surface area contributed by atoms with Gasteiger partial charge in [-0.15, -0.1) is 5.10 Å². The highest BCUT2D eigenvalue weighted by Gasteiger charge is 2.38. The molecular weight excluding hydrogens is 299 g/mol. The van der Waals surface area contributed by atoms with Crippen LogP contribution in [0.1, 0.15) is 6.42 Å². The molecule has 1 N–H and O–H groups in total. The lowest BCUT2D eigenvalue weighted by atomic mass is 10.0. The standard InChI is InChI=1S/C15H17FN6O/c1-20-12-4-2-3-11(16)13(12)18-14(20)21-7-5-15(23,9-21)10-22-8-6-17-19-22/h2-4,6,8,23H,5,7,9-10H2,1H3. The van der Waals surface area contributed by atoms with Crippen molar-refractivity contribution < 1.29 is 9.50 Å². The molecule has 23 heavy (non-hydrogen) atoms. The Kier molecular flexibility index (Phi) is 3.08. The predicted octanol–water partition coefficient (Wildman–Crippen LogP) is 0.945. The first-order chi connectivity index (χ1) is 11.1. The summed E-state index contributed by atoms with van der Waals surface area (Å²) in [4.78, 5) is 6.41. The van der Waals surface area contributed by atoms with E-state index < -0.39 is 5.60 Å². The highest BCUT2D eigenvalue weighted by Crippen LogP contribution is 2.30. The molecule has 1 fully saturated rings. The molecule has 0 bridgehead atoms. The molecular formula is C15H17FN6O. The molecule has 0 radical (unpaired) electrons. The Bertz CT molecular complexity index is 845. The molecule has 120 valence electrons. The van der Waals surface area contributed by atoms with Gasteiger partial charge in [0, 0.05) is 19.8 Å². The van der Waals surface area contributed by atoms with Gasteiger partial charge in [0.2, 0.25) is 5.95 Å². The van der Waals surface area contributed by atoms with Crippen LogP contribution in [0.25, 0.3) is 11.0 Å². The van der Waals surface area contributed by atoms with Gasteiger partial charge in [-0.3, -0.25) is 0 Å². The number of para-hydroxylation sites is 1. The fourth-order valence-electron chi connectivity index (χ4n) is 3.23. The average Bonchev–Trinajstić information content (AvgIpc) is 3.21. The van der Waals surface area contributed by atoms with Gasteiger partial charge in [-0.05, 0) is 18.6 Å². The van der Waals surface area contributed by atoms with Gasteiger partial charge in [-0.2, -0.15) is 0 Å². The monoisotopic (exact) mass is 316 g/mol. The lowest BCUT2D eigenvalue weighted by Gasteiger charge is -2.23. The summed E-state index contributed by atoms with van der Waals surface area (Å²) in [5.41, 5.74) is 0.202. The fraction of sp³-hybridized carbons (Fsp3) is 0.400. The van der Waals surface area contributed by atoms with Crippen molar-refractivity contribution in [3.63, 3.8) is 0 Å². The molecule has 1 aliphatic rings. The Hall–Kier alpha value is -2.48. The van der Waals surface area contributed by atoms with Crippen LogP contribution in [-0.4, -0.2) is 48.3 Å². The SMILES string of the molecule is Cn1c(N2CCC(O)(Cn3ccnn3)C2)nc2c(F)cccc21. The molecule has 1 aliphatic heterocycles. The summed E-state index contributed by atoms with van der Waals surface area (Å²) in [6.45, 7) is 1.46. The molecule has 8 heteroatoms. The quantitative estimate of drug-likeness (QED) is 0.779. The van der Waals surface area contributed by atoms with Crippen molar-refractivity contribution >= 4 is 17.0 Å². The number of anilines is 1. The molecule has 4 rings (SSSR count). The summed E-state index contributed by atoms with van der Waals surface area (Å²) >= 11 is 0. The van der Waals surface area contributed by atoms with E-state index in [2.05, 4.69) is 15.3 Å². The number of hydrogen-bond acceptors (Lipinski definition) is 5. The third kappa shape index (κ3) is 2.35. The molecule has 0 spiro atoms. The molecule has 3 heterocycles. The molecule has 1 saturated heterocycles. The van der Waals surface area contributed by atoms with Crippen molar-refractivity contribution in [1.29, 1.82) is 0 Å². The molecule has 0 aliphatic carbocycles. The van der Waals surface area contributed by atoms with Crippen LogP contribution in [0.2, 0.25) is 0 Å². The largest absolute Gasteiger partial charge is 0.386 e. The fourth-order valence-corrected chi connectivity index (χ4v) is 3.23. The molecule has 1 atom stereocenters. The van der Waals surface area contributed by atoms with Crippen LogP contribution in [0.4, 0.5) is 10.3 Å². The van der Waals surface area contributed by atoms with Crippen LogP contribution in [-0.2, 0) is 13.6 Å². The molecule has 1 aromatic carbocycles. The lowest BCUT2D eigenvalue weighted by molar-refractivity contribution is 0.0408. The van der Waals surface area contributed by atoms with Crippen LogP contribution < -0.4 is 4.90 Å². The zero-order valence-corrected chi connectivity index (χ0v) is 12.7. The summed E-state index contributed by atoms with van der Waals surface area (Å²) in [6, 6.07) is 4.92. The molecule has 3 aromatic rings. The number of rotatable bonds is 3. The van der Waals surface area contributed by atoms with E-state index in [-0.39, 0.29) is 5.82 Å². The van der Waals surface area contributed by atoms with E-state index >= 15 is 0 Å². The first-order valence-corrected chi connectivity index (χ1v) is 7.48. The van der Waals surface area contributed by atoms with E-state index in [1.165, 1.54) is 6.07 Å². The lowest BCUT2D eigenvalue weighted by Crippen LogP contribution is -2.38. The normalized spacial score (nSPS) is 21.4. The van der Waals surface area contributed by atoms with Crippen molar-refractivity contribution in [3.05, 3.63) is 36.4 Å². The Labute approximate surface area is 132 Å². The Morgan fingerprint density at radius 2 is 2.26 bits per heavy atom. The number of aliphatic hydroxyl groups is 1. The minimum Gasteiger partial charge on any atom is -0.386 e. The van der Waals surface area contributed by atoms with Crippen molar-refractivity contribution in [2.24, 2.45) is 7.05 Å². The second-order valence-corrected chi connectivity index (χ2v) is 6.07. The van der Waals surface area contributed by atoms with Crippen molar-refractivity contribution in [2.75, 3.05) is 18.0 Å². The summed E-state index contributed by atoms with van der Waals surface area (Å²) in [7, 11) is 1.86. The second kappa shape index (κ2) is 5.02. The average molecular weight is 316 g/mol. The van der Waals surface area contributed by atoms with Gasteiger partial charge in [-0.25, -0.2) is 14.1 Å². The zero-order valence-electron chi connectivity index (χ0n) is 12.7. The molecule has 7 nitrogen and oxygen atoms in total. The highest BCUT2D eigenvalue weighted by molar-refractivity contribution is 5.79.